The van der Waals surface area contributed by atoms with E-state index in [4.69, 9.17) is 0 Å². The van der Waals surface area contributed by atoms with E-state index < -0.39 is 47.9 Å². The van der Waals surface area contributed by atoms with Crippen LogP contribution in [0, 0.1) is 0 Å². The molecule has 0 N–H and O–H groups in total. The van der Waals surface area contributed by atoms with Crippen molar-refractivity contribution in [3.05, 3.63) is 199 Å². The molecule has 1 aliphatic heterocycles. The van der Waals surface area contributed by atoms with Gasteiger partial charge in [0.2, 0.25) is 5.91 Å². The van der Waals surface area contributed by atoms with Crippen LogP contribution >= 0.6 is 0 Å². The summed E-state index contributed by atoms with van der Waals surface area (Å²) in [6.45, 7) is 0. The molecule has 6 aromatic carbocycles. The molecule has 6 nitrogen and oxygen atoms in total. The van der Waals surface area contributed by atoms with Gasteiger partial charge in [0.1, 0.15) is 0 Å². The van der Waals surface area contributed by atoms with E-state index in [2.05, 4.69) is 0 Å². The number of hydrogen-bond donors (Lipinski definition) is 0. The maximum atomic E-state index is 15.7. The van der Waals surface area contributed by atoms with Gasteiger partial charge in [0.05, 0.1) is 20.9 Å². The number of hydrogen-bond acceptors (Lipinski definition) is 5. The lowest BCUT2D eigenvalue weighted by Gasteiger charge is -2.38. The summed E-state index contributed by atoms with van der Waals surface area (Å²) in [6, 6.07) is 50.7. The minimum atomic E-state index is -4.61. The van der Waals surface area contributed by atoms with Gasteiger partial charge in [-0.15, -0.1) is 0 Å². The van der Waals surface area contributed by atoms with Crippen molar-refractivity contribution in [1.82, 2.24) is 0 Å². The van der Waals surface area contributed by atoms with Crippen LogP contribution in [0.15, 0.2) is 192 Å². The number of allylic oxidation sites excluding steroid dienone is 1. The van der Waals surface area contributed by atoms with Crippen molar-refractivity contribution in [3.63, 3.8) is 0 Å². The molecule has 6 aromatic rings. The molecule has 51 heavy (non-hydrogen) atoms. The van der Waals surface area contributed by atoms with Crippen LogP contribution in [0.25, 0.3) is 6.08 Å². The molecule has 1 amide bonds. The van der Waals surface area contributed by atoms with Crippen LogP contribution in [0.1, 0.15) is 29.0 Å². The fourth-order valence-corrected chi connectivity index (χ4v) is 11.7. The summed E-state index contributed by atoms with van der Waals surface area (Å²) in [4.78, 5) is 17.0. The van der Waals surface area contributed by atoms with Crippen molar-refractivity contribution in [2.45, 2.75) is 32.1 Å². The molecular formula is C43H35NO5S2. The van der Waals surface area contributed by atoms with Crippen LogP contribution in [-0.2, 0) is 29.9 Å². The van der Waals surface area contributed by atoms with Crippen molar-refractivity contribution in [1.29, 1.82) is 0 Å². The number of para-hydroxylation sites is 2. The van der Waals surface area contributed by atoms with Crippen LogP contribution in [-0.4, -0.2) is 27.3 Å². The van der Waals surface area contributed by atoms with Gasteiger partial charge in [-0.3, -0.25) is 9.69 Å². The van der Waals surface area contributed by atoms with E-state index in [0.29, 0.717) is 16.9 Å². The normalized spacial score (nSPS) is 16.7. The second-order valence-corrected chi connectivity index (χ2v) is 17.0. The predicted molar refractivity (Wildman–Crippen MR) is 202 cm³/mol. The molecule has 0 spiro atoms. The molecule has 0 saturated carbocycles. The van der Waals surface area contributed by atoms with Gasteiger partial charge in [-0.1, -0.05) is 146 Å². The van der Waals surface area contributed by atoms with Gasteiger partial charge in [0.25, 0.3) is 0 Å². The molecule has 2 atom stereocenters. The van der Waals surface area contributed by atoms with E-state index in [1.807, 2.05) is 127 Å². The van der Waals surface area contributed by atoms with Gasteiger partial charge in [0.15, 0.2) is 24.3 Å². The first-order valence-corrected chi connectivity index (χ1v) is 19.7. The van der Waals surface area contributed by atoms with Crippen LogP contribution in [0.2, 0.25) is 0 Å². The zero-order valence-electron chi connectivity index (χ0n) is 27.6. The first-order valence-electron chi connectivity index (χ1n) is 16.6. The lowest BCUT2D eigenvalue weighted by atomic mass is 9.66. The number of carbonyl (C=O) groups is 1. The largest absolute Gasteiger partial charge is 0.280 e. The van der Waals surface area contributed by atoms with Crippen molar-refractivity contribution < 1.29 is 21.6 Å². The number of benzene rings is 6. The average molecular weight is 710 g/mol. The van der Waals surface area contributed by atoms with Crippen LogP contribution in [0.5, 0.6) is 0 Å². The standard InChI is InChI=1S/C43H35NO5S2/c45-42-43(39-28-16-17-29-40(39)44(42)35-22-10-3-11-23-35,38(34-20-8-2-9-21-34)31-30-33-18-6-1-7-19-33)32-41(50(46,47)36-24-12-4-13-25-36)51(48,49)37-26-14-5-15-27-37/h1-31,38,41H,32H2/b31-30+/t38-,43?/m1/s1. The summed E-state index contributed by atoms with van der Waals surface area (Å²) >= 11 is 0. The van der Waals surface area contributed by atoms with E-state index in [-0.39, 0.29) is 9.79 Å². The molecule has 0 radical (unpaired) electrons. The summed E-state index contributed by atoms with van der Waals surface area (Å²) in [5.41, 5.74) is 1.60. The Morgan fingerprint density at radius 1 is 0.549 bits per heavy atom. The van der Waals surface area contributed by atoms with Crippen molar-refractivity contribution >= 4 is 43.0 Å². The third kappa shape index (κ3) is 6.22. The fourth-order valence-electron chi connectivity index (χ4n) is 7.09. The van der Waals surface area contributed by atoms with Gasteiger partial charge < -0.3 is 0 Å². The number of sulfone groups is 2. The highest BCUT2D eigenvalue weighted by molar-refractivity contribution is 8.09. The average Bonchev–Trinajstić information content (AvgIpc) is 3.43. The Morgan fingerprint density at radius 2 is 1.00 bits per heavy atom. The molecular weight excluding hydrogens is 675 g/mol. The maximum absolute atomic E-state index is 15.7. The number of amides is 1. The van der Waals surface area contributed by atoms with Crippen LogP contribution in [0.3, 0.4) is 0 Å². The molecule has 1 unspecified atom stereocenters. The van der Waals surface area contributed by atoms with Crippen LogP contribution < -0.4 is 4.90 Å². The van der Waals surface area contributed by atoms with Gasteiger partial charge in [0, 0.05) is 11.6 Å². The monoisotopic (exact) mass is 709 g/mol. The highest BCUT2D eigenvalue weighted by atomic mass is 32.3. The van der Waals surface area contributed by atoms with E-state index in [9.17, 15) is 16.8 Å². The Labute approximate surface area is 299 Å². The van der Waals surface area contributed by atoms with Crippen LogP contribution in [0.4, 0.5) is 11.4 Å². The van der Waals surface area contributed by atoms with E-state index in [1.165, 1.54) is 24.3 Å². The molecule has 0 bridgehead atoms. The number of anilines is 2. The Hall–Kier alpha value is -5.57. The molecule has 254 valence electrons. The summed E-state index contributed by atoms with van der Waals surface area (Å²) in [5, 5.41) is 0. The minimum Gasteiger partial charge on any atom is -0.280 e. The van der Waals surface area contributed by atoms with E-state index in [1.54, 1.807) is 41.3 Å². The van der Waals surface area contributed by atoms with E-state index >= 15 is 4.79 Å². The van der Waals surface area contributed by atoms with Gasteiger partial charge in [-0.05, 0) is 65.6 Å². The van der Waals surface area contributed by atoms with Gasteiger partial charge >= 0.3 is 0 Å². The molecule has 0 fully saturated rings. The zero-order valence-corrected chi connectivity index (χ0v) is 29.2. The summed E-state index contributed by atoms with van der Waals surface area (Å²) < 4.78 is 57.4. The maximum Gasteiger partial charge on any atom is 0.243 e. The molecule has 1 heterocycles. The Balaban J connectivity index is 1.55. The lowest BCUT2D eigenvalue weighted by Crippen LogP contribution is -2.48. The zero-order chi connectivity index (χ0) is 35.5. The molecule has 0 saturated heterocycles. The Morgan fingerprint density at radius 3 is 1.55 bits per heavy atom. The number of rotatable bonds is 11. The van der Waals surface area contributed by atoms with Crippen molar-refractivity contribution in [2.24, 2.45) is 0 Å². The van der Waals surface area contributed by atoms with Crippen molar-refractivity contribution in [2.75, 3.05) is 4.90 Å². The molecule has 1 aliphatic rings. The van der Waals surface area contributed by atoms with Gasteiger partial charge in [-0.25, -0.2) is 16.8 Å². The highest BCUT2D eigenvalue weighted by Crippen LogP contribution is 2.56. The Bertz CT molecular complexity index is 2320. The summed E-state index contributed by atoms with van der Waals surface area (Å²) in [6.07, 6.45) is 3.27. The molecule has 0 aliphatic carbocycles. The third-order valence-electron chi connectivity index (χ3n) is 9.52. The summed E-state index contributed by atoms with van der Waals surface area (Å²) in [7, 11) is -9.21. The third-order valence-corrected chi connectivity index (χ3v) is 14.6. The fraction of sp³-hybridized carbons (Fsp3) is 0.0930. The number of fused-ring (bicyclic) bond motifs is 1. The second kappa shape index (κ2) is 14.0. The molecule has 7 rings (SSSR count). The number of carbonyl (C=O) groups excluding carboxylic acids is 1. The number of nitrogens with zero attached hydrogens (tertiary/aromatic N) is 1. The minimum absolute atomic E-state index is 0.139. The predicted octanol–water partition coefficient (Wildman–Crippen LogP) is 8.76. The quantitative estimate of drug-likeness (QED) is 0.134. The highest BCUT2D eigenvalue weighted by Gasteiger charge is 2.59. The van der Waals surface area contributed by atoms with Gasteiger partial charge in [-0.2, -0.15) is 0 Å². The smallest absolute Gasteiger partial charge is 0.243 e. The summed E-state index contributed by atoms with van der Waals surface area (Å²) in [5.74, 6) is -1.21. The first-order chi connectivity index (χ1) is 24.7. The Kier molecular flexibility index (Phi) is 9.29. The molecule has 8 heteroatoms. The van der Waals surface area contributed by atoms with Crippen molar-refractivity contribution in [3.8, 4) is 0 Å². The molecule has 0 aromatic heterocycles. The topological polar surface area (TPSA) is 88.6 Å². The first kappa shape index (κ1) is 33.9. The SMILES string of the molecule is O=C1N(c2ccccc2)c2ccccc2C1(CC(S(=O)(=O)c1ccccc1)S(=O)(=O)c1ccccc1)[C@H](/C=C/c1ccccc1)c1ccccc1. The second-order valence-electron chi connectivity index (χ2n) is 12.5. The lowest BCUT2D eigenvalue weighted by molar-refractivity contribution is -0.123. The van der Waals surface area contributed by atoms with E-state index in [0.717, 1.165) is 11.1 Å².